The zero-order valence-corrected chi connectivity index (χ0v) is 20.0. The Balaban J connectivity index is 1.27. The van der Waals surface area contributed by atoms with E-state index in [1.165, 1.54) is 18.2 Å². The highest BCUT2D eigenvalue weighted by molar-refractivity contribution is 5.96. The van der Waals surface area contributed by atoms with Gasteiger partial charge in [0.2, 0.25) is 0 Å². The molecule has 7 nitrogen and oxygen atoms in total. The molecule has 6 rings (SSSR count). The molecule has 0 aromatic carbocycles. The van der Waals surface area contributed by atoms with Crippen molar-refractivity contribution in [2.75, 3.05) is 33.0 Å². The van der Waals surface area contributed by atoms with Crippen molar-refractivity contribution < 1.29 is 27.8 Å². The molecule has 3 aromatic heterocycles. The number of imidazole rings is 1. The first kappa shape index (κ1) is 23.5. The smallest absolute Gasteiger partial charge is 0.280 e. The van der Waals surface area contributed by atoms with Gasteiger partial charge < -0.3 is 18.6 Å². The molecule has 5 heterocycles. The molecule has 0 N–H and O–H groups in total. The van der Waals surface area contributed by atoms with Crippen molar-refractivity contribution in [3.05, 3.63) is 59.3 Å². The van der Waals surface area contributed by atoms with Crippen LogP contribution < -0.4 is 4.74 Å². The number of aromatic nitrogens is 3. The largest absolute Gasteiger partial charge is 0.493 e. The highest BCUT2D eigenvalue weighted by Gasteiger charge is 2.56. The van der Waals surface area contributed by atoms with Crippen molar-refractivity contribution in [2.24, 2.45) is 11.3 Å². The summed E-state index contributed by atoms with van der Waals surface area (Å²) in [6.07, 6.45) is 5.15. The fraction of sp³-hybridized carbons (Fsp3) is 0.519. The number of ketones is 1. The number of hydrogen-bond acceptors (Lipinski definition) is 6. The molecule has 2 saturated heterocycles. The van der Waals surface area contributed by atoms with E-state index in [0.29, 0.717) is 29.8 Å². The summed E-state index contributed by atoms with van der Waals surface area (Å²) in [6.45, 7) is 3.59. The molecule has 36 heavy (non-hydrogen) atoms. The maximum atomic E-state index is 13.1. The molecule has 2 atom stereocenters. The topological polar surface area (TPSA) is 75.0 Å². The van der Waals surface area contributed by atoms with Crippen LogP contribution in [0.15, 0.2) is 36.7 Å². The summed E-state index contributed by atoms with van der Waals surface area (Å²) < 4.78 is 45.5. The number of halogens is 2. The van der Waals surface area contributed by atoms with Crippen LogP contribution in [0.25, 0.3) is 5.65 Å². The molecule has 2 unspecified atom stereocenters. The van der Waals surface area contributed by atoms with Gasteiger partial charge in [0.05, 0.1) is 18.9 Å². The van der Waals surface area contributed by atoms with Crippen molar-refractivity contribution in [1.82, 2.24) is 14.4 Å². The number of ether oxygens (including phenoxy) is 3. The summed E-state index contributed by atoms with van der Waals surface area (Å²) in [6, 6.07) is 6.02. The average molecular weight is 498 g/mol. The summed E-state index contributed by atoms with van der Waals surface area (Å²) >= 11 is 0. The van der Waals surface area contributed by atoms with Gasteiger partial charge in [-0.15, -0.1) is 0 Å². The number of carbonyl (C=O) groups is 1. The second-order valence-electron chi connectivity index (χ2n) is 10.2. The summed E-state index contributed by atoms with van der Waals surface area (Å²) in [5, 5.41) is 0. The lowest BCUT2D eigenvalue weighted by molar-refractivity contribution is 0.0846. The predicted octanol–water partition coefficient (Wildman–Crippen LogP) is 4.79. The van der Waals surface area contributed by atoms with Crippen LogP contribution in [0.1, 0.15) is 65.5 Å². The number of fused-ring (bicyclic) bond motifs is 1. The number of rotatable bonds is 8. The fourth-order valence-electron chi connectivity index (χ4n) is 5.49. The van der Waals surface area contributed by atoms with E-state index in [1.54, 1.807) is 0 Å². The van der Waals surface area contributed by atoms with E-state index < -0.39 is 12.1 Å². The minimum absolute atomic E-state index is 0.00529. The number of alkyl halides is 2. The maximum absolute atomic E-state index is 13.1. The summed E-state index contributed by atoms with van der Waals surface area (Å²) in [5.74, 6) is 1.04. The van der Waals surface area contributed by atoms with Gasteiger partial charge in [0.1, 0.15) is 22.8 Å². The van der Waals surface area contributed by atoms with Crippen LogP contribution >= 0.6 is 0 Å². The van der Waals surface area contributed by atoms with Gasteiger partial charge in [0, 0.05) is 67.5 Å². The number of hydrogen-bond donors (Lipinski definition) is 0. The molecule has 3 aromatic rings. The summed E-state index contributed by atoms with van der Waals surface area (Å²) in [7, 11) is 0. The van der Waals surface area contributed by atoms with Gasteiger partial charge in [-0.1, -0.05) is 6.07 Å². The van der Waals surface area contributed by atoms with Crippen molar-refractivity contribution >= 4 is 11.4 Å². The Bertz CT molecular complexity index is 1270. The minimum Gasteiger partial charge on any atom is -0.493 e. The maximum Gasteiger partial charge on any atom is 0.280 e. The molecular formula is C27H29F2N3O4. The van der Waals surface area contributed by atoms with E-state index in [2.05, 4.69) is 4.98 Å². The van der Waals surface area contributed by atoms with E-state index >= 15 is 0 Å². The second kappa shape index (κ2) is 9.52. The predicted molar refractivity (Wildman–Crippen MR) is 127 cm³/mol. The molecule has 0 bridgehead atoms. The van der Waals surface area contributed by atoms with E-state index in [4.69, 9.17) is 19.2 Å². The fourth-order valence-corrected chi connectivity index (χ4v) is 5.49. The van der Waals surface area contributed by atoms with E-state index in [9.17, 15) is 13.6 Å². The van der Waals surface area contributed by atoms with Crippen molar-refractivity contribution in [3.8, 4) is 5.75 Å². The van der Waals surface area contributed by atoms with Gasteiger partial charge >= 0.3 is 0 Å². The molecule has 0 radical (unpaired) electrons. The van der Waals surface area contributed by atoms with Crippen LogP contribution in [0.3, 0.4) is 0 Å². The quantitative estimate of drug-likeness (QED) is 0.417. The SMILES string of the molecule is O=C(Cc1cn2cc(C3CCOCC3)nc2cc1OCC1CC12CCOC2)c1cccc(C(F)F)n1. The number of Topliss-reactive ketones (excluding diaryl/α,β-unsaturated/α-hetero) is 1. The van der Waals surface area contributed by atoms with Gasteiger partial charge in [0.15, 0.2) is 5.78 Å². The molecule has 2 aliphatic heterocycles. The molecule has 0 amide bonds. The molecule has 1 saturated carbocycles. The monoisotopic (exact) mass is 497 g/mol. The van der Waals surface area contributed by atoms with E-state index in [-0.39, 0.29) is 23.3 Å². The number of carbonyl (C=O) groups excluding carboxylic acids is 1. The molecule has 3 fully saturated rings. The van der Waals surface area contributed by atoms with Crippen LogP contribution in [0.2, 0.25) is 0 Å². The van der Waals surface area contributed by atoms with Gasteiger partial charge in [0.25, 0.3) is 6.43 Å². The second-order valence-corrected chi connectivity index (χ2v) is 10.2. The van der Waals surface area contributed by atoms with Crippen molar-refractivity contribution in [3.63, 3.8) is 0 Å². The zero-order valence-electron chi connectivity index (χ0n) is 20.0. The van der Waals surface area contributed by atoms with Crippen LogP contribution in [0.4, 0.5) is 8.78 Å². The third-order valence-electron chi connectivity index (χ3n) is 7.85. The first-order valence-electron chi connectivity index (χ1n) is 12.6. The van der Waals surface area contributed by atoms with Crippen LogP contribution in [0, 0.1) is 11.3 Å². The lowest BCUT2D eigenvalue weighted by atomic mass is 9.97. The Labute approximate surface area is 207 Å². The van der Waals surface area contributed by atoms with E-state index in [0.717, 1.165) is 63.5 Å². The number of pyridine rings is 2. The van der Waals surface area contributed by atoms with Gasteiger partial charge in [-0.2, -0.15) is 0 Å². The minimum atomic E-state index is -2.73. The Hall–Kier alpha value is -2.91. The van der Waals surface area contributed by atoms with Crippen molar-refractivity contribution in [1.29, 1.82) is 0 Å². The van der Waals surface area contributed by atoms with Gasteiger partial charge in [-0.3, -0.25) is 4.79 Å². The molecule has 1 aliphatic carbocycles. The summed E-state index contributed by atoms with van der Waals surface area (Å²) in [5.41, 5.74) is 2.31. The van der Waals surface area contributed by atoms with Crippen molar-refractivity contribution in [2.45, 2.75) is 44.4 Å². The molecule has 1 spiro atoms. The normalized spacial score (nSPS) is 24.1. The average Bonchev–Trinajstić information content (AvgIpc) is 3.19. The zero-order chi connectivity index (χ0) is 24.7. The van der Waals surface area contributed by atoms with Gasteiger partial charge in [-0.25, -0.2) is 18.7 Å². The lowest BCUT2D eigenvalue weighted by Crippen LogP contribution is -2.14. The first-order valence-corrected chi connectivity index (χ1v) is 12.6. The standard InChI is InChI=1S/C27H29F2N3O4/c28-26(29)21-3-1-2-20(30-21)23(33)10-18-13-32-14-22(17-4-7-34-8-5-17)31-25(32)11-24(18)36-15-19-12-27(19)6-9-35-16-27/h1-3,11,13-14,17,19,26H,4-10,12,15-16H2. The Morgan fingerprint density at radius 3 is 2.81 bits per heavy atom. The Morgan fingerprint density at radius 2 is 2.03 bits per heavy atom. The van der Waals surface area contributed by atoms with Gasteiger partial charge in [-0.05, 0) is 37.8 Å². The molecule has 9 heteroatoms. The molecule has 190 valence electrons. The Kier molecular flexibility index (Phi) is 6.21. The molecule has 3 aliphatic rings. The lowest BCUT2D eigenvalue weighted by Gasteiger charge is -2.19. The van der Waals surface area contributed by atoms with Crippen LogP contribution in [-0.2, 0) is 15.9 Å². The highest BCUT2D eigenvalue weighted by atomic mass is 19.3. The first-order chi connectivity index (χ1) is 17.5. The van der Waals surface area contributed by atoms with Crippen LogP contribution in [0.5, 0.6) is 5.75 Å². The summed E-state index contributed by atoms with van der Waals surface area (Å²) in [4.78, 5) is 21.8. The van der Waals surface area contributed by atoms with Crippen LogP contribution in [-0.4, -0.2) is 53.2 Å². The van der Waals surface area contributed by atoms with E-state index in [1.807, 2.05) is 22.9 Å². The third-order valence-corrected chi connectivity index (χ3v) is 7.85. The Morgan fingerprint density at radius 1 is 1.17 bits per heavy atom. The number of nitrogens with zero attached hydrogens (tertiary/aromatic N) is 3. The highest BCUT2D eigenvalue weighted by Crippen LogP contribution is 2.57. The molecular weight excluding hydrogens is 468 g/mol. The third kappa shape index (κ3) is 4.62.